The maximum atomic E-state index is 12.5. The molecule has 0 unspecified atom stereocenters. The number of hydrogen-bond donors (Lipinski definition) is 0. The molecule has 1 aromatic heterocycles. The Bertz CT molecular complexity index is 967. The van der Waals surface area contributed by atoms with Crippen LogP contribution in [0.1, 0.15) is 11.4 Å². The molecule has 0 aliphatic carbocycles. The van der Waals surface area contributed by atoms with E-state index in [-0.39, 0.29) is 17.4 Å². The number of aromatic nitrogens is 2. The van der Waals surface area contributed by atoms with Gasteiger partial charge in [0.05, 0.1) is 11.3 Å². The van der Waals surface area contributed by atoms with Crippen LogP contribution in [0.3, 0.4) is 0 Å². The first-order chi connectivity index (χ1) is 13.4. The molecule has 146 valence electrons. The highest BCUT2D eigenvalue weighted by Crippen LogP contribution is 2.25. The van der Waals surface area contributed by atoms with Gasteiger partial charge in [-0.05, 0) is 30.7 Å². The van der Waals surface area contributed by atoms with Crippen LogP contribution in [-0.2, 0) is 11.3 Å². The van der Waals surface area contributed by atoms with Crippen LogP contribution in [-0.4, -0.2) is 40.2 Å². The van der Waals surface area contributed by atoms with Gasteiger partial charge in [0.25, 0.3) is 0 Å². The van der Waals surface area contributed by atoms with Gasteiger partial charge in [0, 0.05) is 19.0 Å². The zero-order chi connectivity index (χ0) is 20.1. The minimum absolute atomic E-state index is 0.0572. The molecule has 5 nitrogen and oxygen atoms in total. The van der Waals surface area contributed by atoms with Crippen molar-refractivity contribution in [2.75, 3.05) is 12.8 Å². The Morgan fingerprint density at radius 2 is 1.86 bits per heavy atom. The predicted octanol–water partition coefficient (Wildman–Crippen LogP) is 4.29. The molecule has 1 heterocycles. The number of carbonyl (C=O) groups is 1. The number of carbonyl (C=O) groups excluding carboxylic acids is 1. The molecule has 0 saturated carbocycles. The number of ether oxygens (including phenoxy) is 1. The van der Waals surface area contributed by atoms with E-state index in [0.717, 1.165) is 21.5 Å². The van der Waals surface area contributed by atoms with Crippen LogP contribution in [0.2, 0.25) is 0 Å². The quantitative estimate of drug-likeness (QED) is 0.435. The Morgan fingerprint density at radius 3 is 2.57 bits per heavy atom. The molecule has 3 aromatic rings. The van der Waals surface area contributed by atoms with Gasteiger partial charge in [-0.1, -0.05) is 42.1 Å². The monoisotopic (exact) mass is 403 g/mol. The fourth-order valence-corrected chi connectivity index (χ4v) is 3.65. The third kappa shape index (κ3) is 5.16. The highest BCUT2D eigenvalue weighted by atomic mass is 32.2. The van der Waals surface area contributed by atoms with Gasteiger partial charge in [-0.3, -0.25) is 4.79 Å². The van der Waals surface area contributed by atoms with E-state index in [1.54, 1.807) is 24.1 Å². The Kier molecular flexibility index (Phi) is 6.41. The summed E-state index contributed by atoms with van der Waals surface area (Å²) in [5, 5.41) is 1.70. The third-order valence-corrected chi connectivity index (χ3v) is 4.98. The maximum Gasteiger partial charge on any atom is 0.387 e. The van der Waals surface area contributed by atoms with Gasteiger partial charge in [0.15, 0.2) is 0 Å². The van der Waals surface area contributed by atoms with Crippen LogP contribution in [0.5, 0.6) is 5.75 Å². The molecular weight excluding hydrogens is 384 g/mol. The minimum Gasteiger partial charge on any atom is -0.435 e. The summed E-state index contributed by atoms with van der Waals surface area (Å²) >= 11 is 1.37. The molecule has 0 aliphatic heterocycles. The van der Waals surface area contributed by atoms with Crippen molar-refractivity contribution in [3.63, 3.8) is 0 Å². The number of hydrogen-bond acceptors (Lipinski definition) is 5. The SMILES string of the molecule is Cc1nc(SCC(=O)N(C)Cc2ccc(OC(F)F)cc2)c2ccccc2n1. The average molecular weight is 403 g/mol. The van der Waals surface area contributed by atoms with Crippen LogP contribution in [0.15, 0.2) is 53.6 Å². The number of alkyl halides is 2. The summed E-state index contributed by atoms with van der Waals surface area (Å²) < 4.78 is 28.7. The molecule has 0 atom stereocenters. The number of aryl methyl sites for hydroxylation is 1. The molecular formula is C20H19F2N3O2S. The molecule has 2 aromatic carbocycles. The van der Waals surface area contributed by atoms with Gasteiger partial charge >= 0.3 is 6.61 Å². The first-order valence-electron chi connectivity index (χ1n) is 8.56. The normalized spacial score (nSPS) is 11.0. The zero-order valence-corrected chi connectivity index (χ0v) is 16.2. The van der Waals surface area contributed by atoms with E-state index < -0.39 is 6.61 Å². The summed E-state index contributed by atoms with van der Waals surface area (Å²) in [5.41, 5.74) is 1.68. The fourth-order valence-electron chi connectivity index (χ4n) is 2.65. The van der Waals surface area contributed by atoms with Gasteiger partial charge in [-0.25, -0.2) is 9.97 Å². The molecule has 0 fully saturated rings. The molecule has 28 heavy (non-hydrogen) atoms. The summed E-state index contributed by atoms with van der Waals surface area (Å²) in [6.07, 6.45) is 0. The standard InChI is InChI=1S/C20H19F2N3O2S/c1-13-23-17-6-4-3-5-16(17)19(24-13)28-12-18(26)25(2)11-14-7-9-15(10-8-14)27-20(21)22/h3-10,20H,11-12H2,1-2H3. The number of nitrogens with zero attached hydrogens (tertiary/aromatic N) is 3. The predicted molar refractivity (Wildman–Crippen MR) is 105 cm³/mol. The summed E-state index contributed by atoms with van der Waals surface area (Å²) in [6.45, 7) is -0.655. The molecule has 0 N–H and O–H groups in total. The van der Waals surface area contributed by atoms with Gasteiger partial charge in [-0.15, -0.1) is 0 Å². The third-order valence-electron chi connectivity index (χ3n) is 4.01. The van der Waals surface area contributed by atoms with Gasteiger partial charge in [0.2, 0.25) is 5.91 Å². The van der Waals surface area contributed by atoms with Crippen molar-refractivity contribution >= 4 is 28.6 Å². The van der Waals surface area contributed by atoms with Crippen molar-refractivity contribution in [2.24, 2.45) is 0 Å². The second-order valence-electron chi connectivity index (χ2n) is 6.15. The molecule has 0 radical (unpaired) electrons. The maximum absolute atomic E-state index is 12.5. The largest absolute Gasteiger partial charge is 0.435 e. The van der Waals surface area contributed by atoms with E-state index in [0.29, 0.717) is 12.4 Å². The number of thioether (sulfide) groups is 1. The highest BCUT2D eigenvalue weighted by molar-refractivity contribution is 8.00. The van der Waals surface area contributed by atoms with E-state index in [4.69, 9.17) is 0 Å². The van der Waals surface area contributed by atoms with Crippen molar-refractivity contribution in [1.29, 1.82) is 0 Å². The number of rotatable bonds is 7. The lowest BCUT2D eigenvalue weighted by Gasteiger charge is -2.17. The smallest absolute Gasteiger partial charge is 0.387 e. The van der Waals surface area contributed by atoms with Gasteiger partial charge < -0.3 is 9.64 Å². The number of halogens is 2. The number of fused-ring (bicyclic) bond motifs is 1. The molecule has 1 amide bonds. The lowest BCUT2D eigenvalue weighted by atomic mass is 10.2. The number of amides is 1. The Labute approximate surface area is 165 Å². The molecule has 0 saturated heterocycles. The number of para-hydroxylation sites is 1. The minimum atomic E-state index is -2.85. The molecule has 0 bridgehead atoms. The fraction of sp³-hybridized carbons (Fsp3) is 0.250. The van der Waals surface area contributed by atoms with E-state index in [2.05, 4.69) is 14.7 Å². The van der Waals surface area contributed by atoms with E-state index in [1.807, 2.05) is 31.2 Å². The molecule has 8 heteroatoms. The second kappa shape index (κ2) is 8.97. The first-order valence-corrected chi connectivity index (χ1v) is 9.55. The van der Waals surface area contributed by atoms with Gasteiger partial charge in [0.1, 0.15) is 16.6 Å². The Hall–Kier alpha value is -2.74. The van der Waals surface area contributed by atoms with Crippen molar-refractivity contribution in [1.82, 2.24) is 14.9 Å². The number of benzene rings is 2. The van der Waals surface area contributed by atoms with Crippen LogP contribution >= 0.6 is 11.8 Å². The lowest BCUT2D eigenvalue weighted by molar-refractivity contribution is -0.127. The van der Waals surface area contributed by atoms with Crippen molar-refractivity contribution in [3.05, 3.63) is 59.9 Å². The van der Waals surface area contributed by atoms with Crippen LogP contribution < -0.4 is 4.74 Å². The van der Waals surface area contributed by atoms with Crippen molar-refractivity contribution in [3.8, 4) is 5.75 Å². The van der Waals surface area contributed by atoms with E-state index in [1.165, 1.54) is 23.9 Å². The van der Waals surface area contributed by atoms with E-state index >= 15 is 0 Å². The Balaban J connectivity index is 1.60. The second-order valence-corrected chi connectivity index (χ2v) is 7.12. The summed E-state index contributed by atoms with van der Waals surface area (Å²) in [4.78, 5) is 22.9. The first kappa shape index (κ1) is 20.0. The zero-order valence-electron chi connectivity index (χ0n) is 15.4. The van der Waals surface area contributed by atoms with Crippen molar-refractivity contribution in [2.45, 2.75) is 25.1 Å². The summed E-state index contributed by atoms with van der Waals surface area (Å²) in [7, 11) is 1.70. The van der Waals surface area contributed by atoms with Crippen molar-refractivity contribution < 1.29 is 18.3 Å². The van der Waals surface area contributed by atoms with Crippen LogP contribution in [0.25, 0.3) is 10.9 Å². The highest BCUT2D eigenvalue weighted by Gasteiger charge is 2.13. The summed E-state index contributed by atoms with van der Waals surface area (Å²) in [5.74, 6) is 0.935. The average Bonchev–Trinajstić information content (AvgIpc) is 2.66. The molecule has 3 rings (SSSR count). The van der Waals surface area contributed by atoms with Crippen LogP contribution in [0, 0.1) is 6.92 Å². The summed E-state index contributed by atoms with van der Waals surface area (Å²) in [6, 6.07) is 13.9. The Morgan fingerprint density at radius 1 is 1.14 bits per heavy atom. The lowest BCUT2D eigenvalue weighted by Crippen LogP contribution is -2.27. The van der Waals surface area contributed by atoms with E-state index in [9.17, 15) is 13.6 Å². The van der Waals surface area contributed by atoms with Gasteiger partial charge in [-0.2, -0.15) is 8.78 Å². The molecule has 0 spiro atoms. The van der Waals surface area contributed by atoms with Crippen LogP contribution in [0.4, 0.5) is 8.78 Å². The molecule has 0 aliphatic rings. The topological polar surface area (TPSA) is 55.3 Å².